The van der Waals surface area contributed by atoms with E-state index >= 15 is 0 Å². The fourth-order valence-electron chi connectivity index (χ4n) is 4.81. The lowest BCUT2D eigenvalue weighted by Gasteiger charge is -2.37. The topological polar surface area (TPSA) is 85.0 Å². The summed E-state index contributed by atoms with van der Waals surface area (Å²) in [5, 5.41) is 6.96. The van der Waals surface area contributed by atoms with Gasteiger partial charge in [-0.1, -0.05) is 17.7 Å². The third kappa shape index (κ3) is 5.65. The first-order valence-corrected chi connectivity index (χ1v) is 13.1. The Morgan fingerprint density at radius 2 is 1.56 bits per heavy atom. The molecule has 0 radical (unpaired) electrons. The summed E-state index contributed by atoms with van der Waals surface area (Å²) in [6.45, 7) is 5.47. The number of carbonyl (C=O) groups is 3. The molecule has 3 aliphatic rings. The van der Waals surface area contributed by atoms with Crippen LogP contribution in [-0.4, -0.2) is 79.9 Å². The number of hydrogen-bond donors (Lipinski definition) is 2. The second-order valence-electron chi connectivity index (χ2n) is 9.68. The molecule has 2 aromatic carbocycles. The Kier molecular flexibility index (Phi) is 7.43. The first-order valence-electron chi connectivity index (χ1n) is 12.7. The van der Waals surface area contributed by atoms with Crippen LogP contribution in [0.5, 0.6) is 0 Å². The fourth-order valence-corrected chi connectivity index (χ4v) is 5.00. The van der Waals surface area contributed by atoms with Gasteiger partial charge >= 0.3 is 0 Å². The van der Waals surface area contributed by atoms with Crippen LogP contribution in [0.25, 0.3) is 0 Å². The third-order valence-electron chi connectivity index (χ3n) is 7.06. The number of piperazine rings is 1. The molecule has 0 bridgehead atoms. The van der Waals surface area contributed by atoms with Gasteiger partial charge in [-0.25, -0.2) is 0 Å². The molecular formula is C27H32ClN5O3. The highest BCUT2D eigenvalue weighted by atomic mass is 35.5. The summed E-state index contributed by atoms with van der Waals surface area (Å²) in [7, 11) is 0. The average molecular weight is 510 g/mol. The molecule has 3 amide bonds. The zero-order valence-corrected chi connectivity index (χ0v) is 21.1. The number of anilines is 2. The van der Waals surface area contributed by atoms with Crippen molar-refractivity contribution in [3.05, 3.63) is 58.6 Å². The van der Waals surface area contributed by atoms with Crippen molar-refractivity contribution in [2.75, 3.05) is 62.6 Å². The van der Waals surface area contributed by atoms with Crippen molar-refractivity contribution in [1.29, 1.82) is 0 Å². The van der Waals surface area contributed by atoms with E-state index in [1.165, 1.54) is 0 Å². The molecule has 0 atom stereocenters. The largest absolute Gasteiger partial charge is 0.366 e. The van der Waals surface area contributed by atoms with Crippen molar-refractivity contribution in [3.63, 3.8) is 0 Å². The minimum Gasteiger partial charge on any atom is -0.366 e. The van der Waals surface area contributed by atoms with E-state index in [0.717, 1.165) is 44.6 Å². The number of benzene rings is 2. The number of rotatable bonds is 5. The van der Waals surface area contributed by atoms with Gasteiger partial charge in [0.1, 0.15) is 0 Å². The number of carbonyl (C=O) groups excluding carboxylic acids is 3. The van der Waals surface area contributed by atoms with Crippen molar-refractivity contribution < 1.29 is 14.4 Å². The van der Waals surface area contributed by atoms with Crippen LogP contribution in [0.1, 0.15) is 40.0 Å². The van der Waals surface area contributed by atoms with Crippen molar-refractivity contribution >= 4 is 40.7 Å². The summed E-state index contributed by atoms with van der Waals surface area (Å²) in [5.41, 5.74) is 2.72. The lowest BCUT2D eigenvalue weighted by atomic mass is 10.1. The molecule has 3 fully saturated rings. The van der Waals surface area contributed by atoms with Gasteiger partial charge < -0.3 is 25.3 Å². The van der Waals surface area contributed by atoms with Crippen LogP contribution < -0.4 is 15.5 Å². The molecule has 1 saturated carbocycles. The van der Waals surface area contributed by atoms with Crippen LogP contribution in [0, 0.1) is 5.92 Å². The van der Waals surface area contributed by atoms with E-state index in [-0.39, 0.29) is 23.6 Å². The van der Waals surface area contributed by atoms with Gasteiger partial charge in [0.15, 0.2) is 0 Å². The summed E-state index contributed by atoms with van der Waals surface area (Å²) in [6.07, 6.45) is 2.74. The van der Waals surface area contributed by atoms with Gasteiger partial charge in [0.05, 0.1) is 11.4 Å². The Morgan fingerprint density at radius 3 is 2.28 bits per heavy atom. The van der Waals surface area contributed by atoms with Crippen molar-refractivity contribution in [3.8, 4) is 0 Å². The molecule has 5 rings (SSSR count). The molecule has 9 heteroatoms. The lowest BCUT2D eigenvalue weighted by Crippen LogP contribution is -2.49. The van der Waals surface area contributed by atoms with Crippen molar-refractivity contribution in [2.45, 2.75) is 19.3 Å². The summed E-state index contributed by atoms with van der Waals surface area (Å²) in [5.74, 6) is 0.0204. The van der Waals surface area contributed by atoms with Crippen LogP contribution in [0.15, 0.2) is 42.5 Å². The molecule has 2 heterocycles. The molecule has 8 nitrogen and oxygen atoms in total. The quantitative estimate of drug-likeness (QED) is 0.647. The minimum absolute atomic E-state index is 0.00888. The van der Waals surface area contributed by atoms with E-state index in [2.05, 4.69) is 15.5 Å². The predicted molar refractivity (Wildman–Crippen MR) is 141 cm³/mol. The Hall–Kier alpha value is -3.10. The van der Waals surface area contributed by atoms with Gasteiger partial charge in [0.25, 0.3) is 11.8 Å². The van der Waals surface area contributed by atoms with Crippen LogP contribution in [0.4, 0.5) is 11.4 Å². The van der Waals surface area contributed by atoms with E-state index in [9.17, 15) is 14.4 Å². The van der Waals surface area contributed by atoms with E-state index in [1.807, 2.05) is 28.0 Å². The summed E-state index contributed by atoms with van der Waals surface area (Å²) in [6, 6.07) is 12.6. The zero-order valence-electron chi connectivity index (χ0n) is 20.3. The molecule has 36 heavy (non-hydrogen) atoms. The van der Waals surface area contributed by atoms with Gasteiger partial charge in [-0.2, -0.15) is 0 Å². The van der Waals surface area contributed by atoms with E-state index in [0.29, 0.717) is 54.6 Å². The number of amides is 3. The number of nitrogens with zero attached hydrogens (tertiary/aromatic N) is 3. The zero-order chi connectivity index (χ0) is 25.1. The Labute approximate surface area is 216 Å². The molecule has 1 aliphatic carbocycles. The highest BCUT2D eigenvalue weighted by molar-refractivity contribution is 6.31. The Balaban J connectivity index is 1.32. The molecule has 0 unspecified atom stereocenters. The maximum absolute atomic E-state index is 13.2. The predicted octanol–water partition coefficient (Wildman–Crippen LogP) is 3.09. The molecular weight excluding hydrogens is 478 g/mol. The van der Waals surface area contributed by atoms with Crippen LogP contribution in [-0.2, 0) is 4.79 Å². The Morgan fingerprint density at radius 1 is 0.833 bits per heavy atom. The van der Waals surface area contributed by atoms with Crippen LogP contribution in [0.2, 0.25) is 5.02 Å². The molecule has 2 saturated heterocycles. The summed E-state index contributed by atoms with van der Waals surface area (Å²) < 4.78 is 0. The van der Waals surface area contributed by atoms with Gasteiger partial charge in [-0.05, 0) is 62.2 Å². The normalized spacial score (nSPS) is 18.5. The second-order valence-corrected chi connectivity index (χ2v) is 10.1. The fraction of sp³-hybridized carbons (Fsp3) is 0.444. The smallest absolute Gasteiger partial charge is 0.254 e. The molecule has 2 aliphatic heterocycles. The molecule has 0 spiro atoms. The minimum atomic E-state index is -0.0349. The monoisotopic (exact) mass is 509 g/mol. The maximum atomic E-state index is 13.2. The van der Waals surface area contributed by atoms with E-state index < -0.39 is 0 Å². The number of halogens is 1. The van der Waals surface area contributed by atoms with Gasteiger partial charge in [0, 0.05) is 67.9 Å². The Bertz CT molecular complexity index is 1140. The highest BCUT2D eigenvalue weighted by Crippen LogP contribution is 2.34. The van der Waals surface area contributed by atoms with Crippen molar-refractivity contribution in [1.82, 2.24) is 15.1 Å². The van der Waals surface area contributed by atoms with Crippen LogP contribution in [0.3, 0.4) is 0 Å². The summed E-state index contributed by atoms with van der Waals surface area (Å²) in [4.78, 5) is 44.7. The van der Waals surface area contributed by atoms with Crippen LogP contribution >= 0.6 is 11.6 Å². The second kappa shape index (κ2) is 10.9. The lowest BCUT2D eigenvalue weighted by molar-refractivity contribution is -0.117. The van der Waals surface area contributed by atoms with Gasteiger partial charge in [-0.15, -0.1) is 0 Å². The SMILES string of the molecule is O=C(Nc1cc(C(=O)N2CCCNCC2)ccc1N1CCN(C(=O)c2cccc(Cl)c2)CC1)C1CC1. The average Bonchev–Trinajstić information content (AvgIpc) is 3.76. The third-order valence-corrected chi connectivity index (χ3v) is 7.29. The first-order chi connectivity index (χ1) is 17.5. The molecule has 2 N–H and O–H groups in total. The molecule has 190 valence electrons. The number of hydrogen-bond acceptors (Lipinski definition) is 5. The van der Waals surface area contributed by atoms with Crippen molar-refractivity contribution in [2.24, 2.45) is 5.92 Å². The van der Waals surface area contributed by atoms with E-state index in [4.69, 9.17) is 11.6 Å². The molecule has 2 aromatic rings. The van der Waals surface area contributed by atoms with E-state index in [1.54, 1.807) is 24.3 Å². The number of nitrogens with one attached hydrogen (secondary N) is 2. The maximum Gasteiger partial charge on any atom is 0.254 e. The molecule has 0 aromatic heterocycles. The summed E-state index contributed by atoms with van der Waals surface area (Å²) >= 11 is 6.07. The standard InChI is InChI=1S/C27H32ClN5O3/c28-22-4-1-3-20(17-22)26(35)33-15-13-31(14-16-33)24-8-7-21(18-23(24)30-25(34)19-5-6-19)27(36)32-11-2-9-29-10-12-32/h1,3-4,7-8,17-19,29H,2,5-6,9-16H2,(H,30,34). The van der Waals surface area contributed by atoms with Gasteiger partial charge in [0.2, 0.25) is 5.91 Å². The first kappa shape index (κ1) is 24.6. The highest BCUT2D eigenvalue weighted by Gasteiger charge is 2.31. The van der Waals surface area contributed by atoms with Gasteiger partial charge in [-0.3, -0.25) is 14.4 Å².